The topological polar surface area (TPSA) is 36.4 Å². The first-order valence-electron chi connectivity index (χ1n) is 8.75. The van der Waals surface area contributed by atoms with Crippen molar-refractivity contribution in [2.45, 2.75) is 6.67 Å². The van der Waals surface area contributed by atoms with Crippen LogP contribution in [0.15, 0.2) is 48.5 Å². The molecule has 3 aromatic rings. The molecule has 8 heteroatoms. The van der Waals surface area contributed by atoms with Crippen molar-refractivity contribution >= 4 is 12.2 Å². The molecule has 5 nitrogen and oxygen atoms in total. The number of quaternary nitrogens is 1. The fraction of sp³-hybridized carbons (Fsp3) is 0.263. The molecule has 0 atom stereocenters. The standard InChI is InChI=1S/C19H18F2N4OS/c20-15-6-7-17(16(21)12-15)25-18(14-4-2-1-3-5-14)22-24(19(25)27)13-23-8-10-26-11-9-23/h1-7,12H,8-11,13H2/p+1. The first-order valence-corrected chi connectivity index (χ1v) is 9.16. The van der Waals surface area contributed by atoms with Gasteiger partial charge in [-0.15, -0.1) is 5.10 Å². The molecule has 0 radical (unpaired) electrons. The lowest BCUT2D eigenvalue weighted by Crippen LogP contribution is -3.13. The minimum atomic E-state index is -0.679. The fourth-order valence-electron chi connectivity index (χ4n) is 3.19. The maximum atomic E-state index is 14.5. The van der Waals surface area contributed by atoms with Crippen LogP contribution >= 0.6 is 12.2 Å². The summed E-state index contributed by atoms with van der Waals surface area (Å²) < 4.78 is 37.0. The Morgan fingerprint density at radius 2 is 1.81 bits per heavy atom. The molecule has 1 saturated heterocycles. The summed E-state index contributed by atoms with van der Waals surface area (Å²) in [5.74, 6) is -0.783. The van der Waals surface area contributed by atoms with Gasteiger partial charge in [0.15, 0.2) is 12.5 Å². The van der Waals surface area contributed by atoms with Crippen molar-refractivity contribution in [1.82, 2.24) is 14.3 Å². The lowest BCUT2D eigenvalue weighted by molar-refractivity contribution is -0.930. The molecular formula is C19H19F2N4OS+. The highest BCUT2D eigenvalue weighted by Gasteiger charge is 2.21. The second kappa shape index (κ2) is 7.67. The highest BCUT2D eigenvalue weighted by atomic mass is 32.1. The van der Waals surface area contributed by atoms with Gasteiger partial charge >= 0.3 is 0 Å². The van der Waals surface area contributed by atoms with E-state index < -0.39 is 11.6 Å². The van der Waals surface area contributed by atoms with E-state index in [1.807, 2.05) is 30.3 Å². The predicted molar refractivity (Wildman–Crippen MR) is 99.3 cm³/mol. The van der Waals surface area contributed by atoms with Gasteiger partial charge in [-0.25, -0.2) is 8.78 Å². The molecule has 1 aliphatic rings. The van der Waals surface area contributed by atoms with Crippen molar-refractivity contribution in [3.8, 4) is 17.1 Å². The molecule has 0 unspecified atom stereocenters. The lowest BCUT2D eigenvalue weighted by atomic mass is 10.2. The summed E-state index contributed by atoms with van der Waals surface area (Å²) in [7, 11) is 0. The molecule has 0 bridgehead atoms. The number of ether oxygens (including phenoxy) is 1. The number of nitrogens with one attached hydrogen (secondary N) is 1. The van der Waals surface area contributed by atoms with E-state index in [1.165, 1.54) is 17.0 Å². The molecule has 1 aromatic heterocycles. The van der Waals surface area contributed by atoms with Crippen LogP contribution in [0.2, 0.25) is 0 Å². The van der Waals surface area contributed by atoms with Crippen LogP contribution in [-0.4, -0.2) is 40.7 Å². The zero-order chi connectivity index (χ0) is 18.8. The zero-order valence-corrected chi connectivity index (χ0v) is 15.4. The summed E-state index contributed by atoms with van der Waals surface area (Å²) in [4.78, 5) is 1.29. The number of nitrogens with zero attached hydrogens (tertiary/aromatic N) is 3. The van der Waals surface area contributed by atoms with Gasteiger partial charge in [0.05, 0.1) is 18.9 Å². The monoisotopic (exact) mass is 389 g/mol. The van der Waals surface area contributed by atoms with Gasteiger partial charge in [-0.3, -0.25) is 4.57 Å². The van der Waals surface area contributed by atoms with Gasteiger partial charge in [-0.05, 0) is 24.4 Å². The maximum absolute atomic E-state index is 14.5. The van der Waals surface area contributed by atoms with Crippen LogP contribution in [0, 0.1) is 16.4 Å². The molecule has 0 saturated carbocycles. The Morgan fingerprint density at radius 1 is 1.07 bits per heavy atom. The first kappa shape index (κ1) is 18.0. The smallest absolute Gasteiger partial charge is 0.207 e. The third kappa shape index (κ3) is 3.69. The molecule has 1 aliphatic heterocycles. The molecule has 0 spiro atoms. The Hall–Kier alpha value is -2.42. The number of hydrogen-bond acceptors (Lipinski definition) is 3. The van der Waals surface area contributed by atoms with Gasteiger partial charge in [0.2, 0.25) is 4.77 Å². The summed E-state index contributed by atoms with van der Waals surface area (Å²) in [6.07, 6.45) is 0. The minimum Gasteiger partial charge on any atom is -0.370 e. The van der Waals surface area contributed by atoms with Crippen LogP contribution in [-0.2, 0) is 11.4 Å². The molecule has 27 heavy (non-hydrogen) atoms. The number of benzene rings is 2. The van der Waals surface area contributed by atoms with E-state index in [-0.39, 0.29) is 5.69 Å². The number of hydrogen-bond donors (Lipinski definition) is 1. The van der Waals surface area contributed by atoms with Crippen LogP contribution in [0.5, 0.6) is 0 Å². The highest BCUT2D eigenvalue weighted by Crippen LogP contribution is 2.24. The molecule has 2 aromatic carbocycles. The fourth-order valence-corrected chi connectivity index (χ4v) is 3.48. The van der Waals surface area contributed by atoms with Crippen LogP contribution < -0.4 is 4.90 Å². The molecule has 4 rings (SSSR count). The van der Waals surface area contributed by atoms with Gasteiger partial charge in [-0.2, -0.15) is 4.68 Å². The predicted octanol–water partition coefficient (Wildman–Crippen LogP) is 2.22. The molecule has 0 amide bonds. The average molecular weight is 389 g/mol. The molecule has 1 N–H and O–H groups in total. The van der Waals surface area contributed by atoms with Crippen molar-refractivity contribution < 1.29 is 18.4 Å². The van der Waals surface area contributed by atoms with E-state index in [1.54, 1.807) is 9.25 Å². The van der Waals surface area contributed by atoms with Gasteiger partial charge < -0.3 is 9.64 Å². The Kier molecular flexibility index (Phi) is 5.11. The van der Waals surface area contributed by atoms with Crippen LogP contribution in [0.3, 0.4) is 0 Å². The summed E-state index contributed by atoms with van der Waals surface area (Å²) in [5.41, 5.74) is 0.992. The minimum absolute atomic E-state index is 0.184. The van der Waals surface area contributed by atoms with Crippen LogP contribution in [0.1, 0.15) is 0 Å². The largest absolute Gasteiger partial charge is 0.370 e. The quantitative estimate of drug-likeness (QED) is 0.696. The van der Waals surface area contributed by atoms with E-state index in [4.69, 9.17) is 17.0 Å². The van der Waals surface area contributed by atoms with Gasteiger partial charge in [0.25, 0.3) is 0 Å². The Balaban J connectivity index is 1.83. The number of halogens is 2. The van der Waals surface area contributed by atoms with E-state index in [2.05, 4.69) is 5.10 Å². The third-order valence-electron chi connectivity index (χ3n) is 4.60. The summed E-state index contributed by atoms with van der Waals surface area (Å²) in [6.45, 7) is 3.68. The van der Waals surface area contributed by atoms with Crippen LogP contribution in [0.4, 0.5) is 8.78 Å². The van der Waals surface area contributed by atoms with Crippen molar-refractivity contribution in [2.75, 3.05) is 26.3 Å². The van der Waals surface area contributed by atoms with E-state index in [0.29, 0.717) is 30.5 Å². The highest BCUT2D eigenvalue weighted by molar-refractivity contribution is 7.71. The second-order valence-corrected chi connectivity index (χ2v) is 6.79. The summed E-state index contributed by atoms with van der Waals surface area (Å²) >= 11 is 5.61. The van der Waals surface area contributed by atoms with Gasteiger partial charge in [-0.1, -0.05) is 30.3 Å². The van der Waals surface area contributed by atoms with E-state index >= 15 is 0 Å². The normalized spacial score (nSPS) is 15.2. The van der Waals surface area contributed by atoms with Gasteiger partial charge in [0.1, 0.15) is 24.7 Å². The van der Waals surface area contributed by atoms with Crippen molar-refractivity contribution in [3.63, 3.8) is 0 Å². The lowest BCUT2D eigenvalue weighted by Gasteiger charge is -2.23. The Morgan fingerprint density at radius 3 is 2.52 bits per heavy atom. The molecule has 0 aliphatic carbocycles. The molecule has 1 fully saturated rings. The second-order valence-electron chi connectivity index (χ2n) is 6.42. The first-order chi connectivity index (χ1) is 13.1. The van der Waals surface area contributed by atoms with Crippen LogP contribution in [0.25, 0.3) is 17.1 Å². The zero-order valence-electron chi connectivity index (χ0n) is 14.6. The van der Waals surface area contributed by atoms with Crippen molar-refractivity contribution in [3.05, 3.63) is 64.9 Å². The Bertz CT molecular complexity index is 997. The van der Waals surface area contributed by atoms with Gasteiger partial charge in [0, 0.05) is 11.6 Å². The number of rotatable bonds is 4. The Labute approximate surface area is 160 Å². The SMILES string of the molecule is Fc1ccc(-n2c(-c3ccccc3)nn(C[NH+]3CCOCC3)c2=S)c(F)c1. The van der Waals surface area contributed by atoms with Crippen molar-refractivity contribution in [2.24, 2.45) is 0 Å². The summed E-state index contributed by atoms with van der Waals surface area (Å²) in [5, 5.41) is 4.67. The average Bonchev–Trinajstić information content (AvgIpc) is 3.00. The number of morpholine rings is 1. The molecular weight excluding hydrogens is 370 g/mol. The number of aromatic nitrogens is 3. The molecule has 140 valence electrons. The molecule has 2 heterocycles. The van der Waals surface area contributed by atoms with Crippen molar-refractivity contribution in [1.29, 1.82) is 0 Å². The summed E-state index contributed by atoms with van der Waals surface area (Å²) in [6, 6.07) is 12.9. The maximum Gasteiger partial charge on any atom is 0.207 e. The van der Waals surface area contributed by atoms with E-state index in [9.17, 15) is 8.78 Å². The van der Waals surface area contributed by atoms with E-state index in [0.717, 1.165) is 24.7 Å². The third-order valence-corrected chi connectivity index (χ3v) is 4.99.